The summed E-state index contributed by atoms with van der Waals surface area (Å²) in [6.45, 7) is 4.35. The molecule has 0 radical (unpaired) electrons. The lowest BCUT2D eigenvalue weighted by molar-refractivity contribution is 0.845. The third-order valence-corrected chi connectivity index (χ3v) is 6.82. The topological polar surface area (TPSA) is 4.93 Å². The van der Waals surface area contributed by atoms with Gasteiger partial charge < -0.3 is 4.57 Å². The Hall–Kier alpha value is -3.84. The van der Waals surface area contributed by atoms with E-state index in [9.17, 15) is 0 Å². The highest BCUT2D eigenvalue weighted by Gasteiger charge is 2.17. The molecule has 0 aliphatic heterocycles. The maximum atomic E-state index is 2.42. The summed E-state index contributed by atoms with van der Waals surface area (Å²) in [6.07, 6.45) is 7.99. The number of aryl methyl sites for hydroxylation is 1. The summed E-state index contributed by atoms with van der Waals surface area (Å²) < 4.78 is 2.40. The molecule has 0 saturated heterocycles. The van der Waals surface area contributed by atoms with Crippen molar-refractivity contribution in [1.29, 1.82) is 0 Å². The molecule has 0 saturated carbocycles. The van der Waals surface area contributed by atoms with Gasteiger partial charge in [0.15, 0.2) is 0 Å². The second kappa shape index (κ2) is 7.94. The largest absolute Gasteiger partial charge is 0.309 e. The number of para-hydroxylation sites is 1. The Kier molecular flexibility index (Phi) is 4.77. The van der Waals surface area contributed by atoms with E-state index < -0.39 is 0 Å². The van der Waals surface area contributed by atoms with Gasteiger partial charge in [-0.15, -0.1) is 0 Å². The van der Waals surface area contributed by atoms with Crippen LogP contribution in [0.1, 0.15) is 30.4 Å². The van der Waals surface area contributed by atoms with E-state index in [1.165, 1.54) is 55.3 Å². The van der Waals surface area contributed by atoms with Gasteiger partial charge in [0.2, 0.25) is 0 Å². The molecule has 0 amide bonds. The zero-order valence-electron chi connectivity index (χ0n) is 19.1. The van der Waals surface area contributed by atoms with Crippen molar-refractivity contribution in [3.05, 3.63) is 126 Å². The van der Waals surface area contributed by atoms with Crippen LogP contribution in [0.15, 0.2) is 115 Å². The Morgan fingerprint density at radius 3 is 2.24 bits per heavy atom. The number of fused-ring (bicyclic) bond motifs is 3. The maximum absolute atomic E-state index is 2.42. The van der Waals surface area contributed by atoms with Crippen molar-refractivity contribution in [2.45, 2.75) is 26.2 Å². The van der Waals surface area contributed by atoms with E-state index in [0.717, 1.165) is 6.42 Å². The van der Waals surface area contributed by atoms with Gasteiger partial charge in [0, 0.05) is 22.4 Å². The van der Waals surface area contributed by atoms with Gasteiger partial charge in [-0.3, -0.25) is 0 Å². The van der Waals surface area contributed by atoms with Crippen molar-refractivity contribution in [3.8, 4) is 16.8 Å². The maximum Gasteiger partial charge on any atom is 0.0541 e. The highest BCUT2D eigenvalue weighted by Crippen LogP contribution is 2.37. The fourth-order valence-corrected chi connectivity index (χ4v) is 5.20. The van der Waals surface area contributed by atoms with Crippen LogP contribution in [0.4, 0.5) is 0 Å². The molecule has 1 atom stereocenters. The smallest absolute Gasteiger partial charge is 0.0541 e. The van der Waals surface area contributed by atoms with Crippen LogP contribution in [0.5, 0.6) is 0 Å². The molecule has 33 heavy (non-hydrogen) atoms. The molecule has 1 heterocycles. The quantitative estimate of drug-likeness (QED) is 0.272. The average Bonchev–Trinajstić information content (AvgIpc) is 3.17. The second-order valence-electron chi connectivity index (χ2n) is 9.20. The molecule has 0 N–H and O–H groups in total. The van der Waals surface area contributed by atoms with Crippen LogP contribution in [0.3, 0.4) is 0 Å². The van der Waals surface area contributed by atoms with E-state index in [0.29, 0.717) is 5.92 Å². The Bertz CT molecular complexity index is 1550. The van der Waals surface area contributed by atoms with Crippen LogP contribution >= 0.6 is 0 Å². The monoisotopic (exact) mass is 425 g/mol. The molecular formula is C32H27N. The van der Waals surface area contributed by atoms with Gasteiger partial charge >= 0.3 is 0 Å². The Labute approximate surface area is 195 Å². The molecule has 1 heteroatoms. The minimum Gasteiger partial charge on any atom is -0.309 e. The molecule has 160 valence electrons. The lowest BCUT2D eigenvalue weighted by Gasteiger charge is -2.16. The van der Waals surface area contributed by atoms with E-state index in [1.54, 1.807) is 0 Å². The Morgan fingerprint density at radius 1 is 0.697 bits per heavy atom. The van der Waals surface area contributed by atoms with Crippen LogP contribution in [0, 0.1) is 6.92 Å². The SMILES string of the molecule is CC1=CC(c2ccc3c(c2)c2cc(-c4cccc(C)c4)ccc2n3-c2ccccc2)CC=C1. The van der Waals surface area contributed by atoms with Crippen LogP contribution in [-0.4, -0.2) is 4.57 Å². The first kappa shape index (κ1) is 19.8. The summed E-state index contributed by atoms with van der Waals surface area (Å²) in [5, 5.41) is 2.63. The number of benzene rings is 4. The van der Waals surface area contributed by atoms with Crippen molar-refractivity contribution in [2.75, 3.05) is 0 Å². The molecule has 0 spiro atoms. The molecule has 1 aliphatic carbocycles. The summed E-state index contributed by atoms with van der Waals surface area (Å²) in [4.78, 5) is 0. The number of nitrogens with zero attached hydrogens (tertiary/aromatic N) is 1. The normalized spacial score (nSPS) is 15.8. The predicted octanol–water partition coefficient (Wildman–Crippen LogP) is 8.75. The van der Waals surface area contributed by atoms with Crippen LogP contribution < -0.4 is 0 Å². The fraction of sp³-hybridized carbons (Fsp3) is 0.125. The van der Waals surface area contributed by atoms with Gasteiger partial charge in [0.25, 0.3) is 0 Å². The Morgan fingerprint density at radius 2 is 1.45 bits per heavy atom. The molecule has 4 aromatic carbocycles. The van der Waals surface area contributed by atoms with E-state index in [2.05, 4.69) is 128 Å². The molecular weight excluding hydrogens is 398 g/mol. The van der Waals surface area contributed by atoms with E-state index >= 15 is 0 Å². The molecule has 1 aliphatic rings. The summed E-state index contributed by atoms with van der Waals surface area (Å²) in [5.74, 6) is 0.439. The van der Waals surface area contributed by atoms with Gasteiger partial charge in [-0.2, -0.15) is 0 Å². The van der Waals surface area contributed by atoms with Gasteiger partial charge in [0.1, 0.15) is 0 Å². The molecule has 6 rings (SSSR count). The van der Waals surface area contributed by atoms with Crippen LogP contribution in [0.2, 0.25) is 0 Å². The van der Waals surface area contributed by atoms with Crippen molar-refractivity contribution in [1.82, 2.24) is 4.57 Å². The number of hydrogen-bond acceptors (Lipinski definition) is 0. The second-order valence-corrected chi connectivity index (χ2v) is 9.20. The van der Waals surface area contributed by atoms with Crippen molar-refractivity contribution < 1.29 is 0 Å². The standard InChI is InChI=1S/C32H27N/c1-22-8-6-10-24(18-22)26-14-16-31-29(20-26)30-21-27(25-11-7-9-23(2)19-25)15-17-32(30)33(31)28-12-4-3-5-13-28/h3-10,12-21,25H,11H2,1-2H3. The van der Waals surface area contributed by atoms with Gasteiger partial charge in [-0.1, -0.05) is 84.0 Å². The minimum atomic E-state index is 0.439. The van der Waals surface area contributed by atoms with Crippen molar-refractivity contribution in [2.24, 2.45) is 0 Å². The molecule has 1 aromatic heterocycles. The number of allylic oxidation sites excluding steroid dienone is 4. The molecule has 1 nitrogen and oxygen atoms in total. The third-order valence-electron chi connectivity index (χ3n) is 6.82. The molecule has 0 bridgehead atoms. The van der Waals surface area contributed by atoms with Crippen LogP contribution in [0.25, 0.3) is 38.6 Å². The first-order valence-electron chi connectivity index (χ1n) is 11.7. The van der Waals surface area contributed by atoms with E-state index in [1.807, 2.05) is 0 Å². The van der Waals surface area contributed by atoms with Gasteiger partial charge in [-0.25, -0.2) is 0 Å². The zero-order chi connectivity index (χ0) is 22.4. The first-order chi connectivity index (χ1) is 16.2. The van der Waals surface area contributed by atoms with Crippen LogP contribution in [-0.2, 0) is 0 Å². The van der Waals surface area contributed by atoms with E-state index in [-0.39, 0.29) is 0 Å². The van der Waals surface area contributed by atoms with Gasteiger partial charge in [-0.05, 0) is 73.4 Å². The fourth-order valence-electron chi connectivity index (χ4n) is 5.20. The summed E-state index contributed by atoms with van der Waals surface area (Å²) in [6, 6.07) is 33.4. The summed E-state index contributed by atoms with van der Waals surface area (Å²) >= 11 is 0. The molecule has 5 aromatic rings. The van der Waals surface area contributed by atoms with Crippen molar-refractivity contribution >= 4 is 21.8 Å². The lowest BCUT2D eigenvalue weighted by atomic mass is 9.89. The minimum absolute atomic E-state index is 0.439. The zero-order valence-corrected chi connectivity index (χ0v) is 19.1. The summed E-state index contributed by atoms with van der Waals surface area (Å²) in [7, 11) is 0. The first-order valence-corrected chi connectivity index (χ1v) is 11.7. The number of aromatic nitrogens is 1. The molecule has 0 fully saturated rings. The predicted molar refractivity (Wildman–Crippen MR) is 141 cm³/mol. The van der Waals surface area contributed by atoms with Gasteiger partial charge in [0.05, 0.1) is 11.0 Å². The van der Waals surface area contributed by atoms with Crippen molar-refractivity contribution in [3.63, 3.8) is 0 Å². The lowest BCUT2D eigenvalue weighted by Crippen LogP contribution is -1.98. The number of rotatable bonds is 3. The third kappa shape index (κ3) is 3.50. The molecule has 1 unspecified atom stereocenters. The highest BCUT2D eigenvalue weighted by molar-refractivity contribution is 6.10. The Balaban J connectivity index is 1.62. The highest BCUT2D eigenvalue weighted by atomic mass is 15.0. The average molecular weight is 426 g/mol. The summed E-state index contributed by atoms with van der Waals surface area (Å²) in [5.41, 5.74) is 10.3. The number of hydrogen-bond donors (Lipinski definition) is 0. The van der Waals surface area contributed by atoms with E-state index in [4.69, 9.17) is 0 Å².